The van der Waals surface area contributed by atoms with Crippen LogP contribution in [0.5, 0.6) is 0 Å². The highest BCUT2D eigenvalue weighted by Gasteiger charge is 2.09. The van der Waals surface area contributed by atoms with Gasteiger partial charge in [-0.15, -0.1) is 0 Å². The number of hydrogen-bond acceptors (Lipinski definition) is 3. The number of carbonyl (C=O) groups is 1. The Balaban J connectivity index is 2.16. The molecule has 2 rings (SSSR count). The van der Waals surface area contributed by atoms with Crippen molar-refractivity contribution < 1.29 is 9.18 Å². The number of nitrogens with one attached hydrogen (secondary N) is 1. The number of aryl methyl sites for hydroxylation is 1. The molecule has 4 nitrogen and oxygen atoms in total. The van der Waals surface area contributed by atoms with Crippen LogP contribution in [0.1, 0.15) is 16.2 Å². The van der Waals surface area contributed by atoms with Gasteiger partial charge in [-0.2, -0.15) is 0 Å². The summed E-state index contributed by atoms with van der Waals surface area (Å²) in [5, 5.41) is 2.59. The second-order valence-corrected chi connectivity index (χ2v) is 4.43. The third kappa shape index (κ3) is 2.89. The predicted molar refractivity (Wildman–Crippen MR) is 68.8 cm³/mol. The minimum absolute atomic E-state index is 0.138. The van der Waals surface area contributed by atoms with E-state index in [9.17, 15) is 9.18 Å². The molecule has 0 aliphatic rings. The van der Waals surface area contributed by atoms with E-state index >= 15 is 0 Å². The Labute approximate surface area is 111 Å². The predicted octanol–water partition coefficient (Wildman–Crippen LogP) is 2.94. The van der Waals surface area contributed by atoms with E-state index in [1.807, 2.05) is 6.92 Å². The molecule has 0 saturated carbocycles. The van der Waals surface area contributed by atoms with Crippen molar-refractivity contribution in [2.75, 3.05) is 5.32 Å². The van der Waals surface area contributed by atoms with Gasteiger partial charge in [0.25, 0.3) is 5.91 Å². The average molecular weight is 310 g/mol. The van der Waals surface area contributed by atoms with Crippen LogP contribution in [0.4, 0.5) is 10.2 Å². The Bertz CT molecular complexity index is 586. The van der Waals surface area contributed by atoms with E-state index in [1.165, 1.54) is 12.1 Å². The van der Waals surface area contributed by atoms with Gasteiger partial charge in [0.15, 0.2) is 0 Å². The van der Waals surface area contributed by atoms with Gasteiger partial charge in [-0.05, 0) is 47.1 Å². The molecule has 0 bridgehead atoms. The zero-order valence-corrected chi connectivity index (χ0v) is 11.0. The summed E-state index contributed by atoms with van der Waals surface area (Å²) in [4.78, 5) is 19.6. The standard InChI is InChI=1S/C12H9BrFN3O/c1-7-9(13)3-5-11(16-7)17-12(18)10-4-2-8(14)6-15-10/h2-6H,1H3,(H,16,17,18). The summed E-state index contributed by atoms with van der Waals surface area (Å²) >= 11 is 3.32. The molecule has 1 N–H and O–H groups in total. The van der Waals surface area contributed by atoms with Crippen LogP contribution in [0, 0.1) is 12.7 Å². The van der Waals surface area contributed by atoms with Gasteiger partial charge in [-0.1, -0.05) is 0 Å². The van der Waals surface area contributed by atoms with Gasteiger partial charge in [0, 0.05) is 4.47 Å². The van der Waals surface area contributed by atoms with Crippen LogP contribution < -0.4 is 5.32 Å². The fourth-order valence-electron chi connectivity index (χ4n) is 1.30. The molecule has 2 aromatic rings. The first kappa shape index (κ1) is 12.6. The maximum Gasteiger partial charge on any atom is 0.275 e. The van der Waals surface area contributed by atoms with E-state index in [0.29, 0.717) is 5.82 Å². The van der Waals surface area contributed by atoms with Crippen molar-refractivity contribution in [2.24, 2.45) is 0 Å². The van der Waals surface area contributed by atoms with Gasteiger partial charge in [-0.25, -0.2) is 14.4 Å². The lowest BCUT2D eigenvalue weighted by atomic mass is 10.3. The lowest BCUT2D eigenvalue weighted by Crippen LogP contribution is -2.14. The third-order valence-corrected chi connectivity index (χ3v) is 3.06. The molecule has 6 heteroatoms. The van der Waals surface area contributed by atoms with Crippen LogP contribution in [0.3, 0.4) is 0 Å². The molecular formula is C12H9BrFN3O. The molecule has 0 fully saturated rings. The van der Waals surface area contributed by atoms with Gasteiger partial charge in [0.2, 0.25) is 0 Å². The summed E-state index contributed by atoms with van der Waals surface area (Å²) in [6.45, 7) is 1.82. The van der Waals surface area contributed by atoms with E-state index in [1.54, 1.807) is 12.1 Å². The molecule has 1 amide bonds. The second kappa shape index (κ2) is 5.22. The van der Waals surface area contributed by atoms with E-state index in [-0.39, 0.29) is 5.69 Å². The smallest absolute Gasteiger partial charge is 0.275 e. The zero-order chi connectivity index (χ0) is 13.1. The second-order valence-electron chi connectivity index (χ2n) is 3.58. The van der Waals surface area contributed by atoms with E-state index in [0.717, 1.165) is 16.4 Å². The molecule has 0 aromatic carbocycles. The number of aromatic nitrogens is 2. The van der Waals surface area contributed by atoms with Crippen LogP contribution in [0.25, 0.3) is 0 Å². The van der Waals surface area contributed by atoms with Crippen molar-refractivity contribution >= 4 is 27.7 Å². The number of halogens is 2. The number of hydrogen-bond donors (Lipinski definition) is 1. The van der Waals surface area contributed by atoms with Crippen LogP contribution >= 0.6 is 15.9 Å². The average Bonchev–Trinajstić information content (AvgIpc) is 2.34. The fraction of sp³-hybridized carbons (Fsp3) is 0.0833. The molecule has 92 valence electrons. The largest absolute Gasteiger partial charge is 0.305 e. The van der Waals surface area contributed by atoms with Gasteiger partial charge >= 0.3 is 0 Å². The van der Waals surface area contributed by atoms with Crippen molar-refractivity contribution in [1.82, 2.24) is 9.97 Å². The Morgan fingerprint density at radius 3 is 2.72 bits per heavy atom. The molecule has 0 spiro atoms. The number of carbonyl (C=O) groups excluding carboxylic acids is 1. The first-order valence-electron chi connectivity index (χ1n) is 5.12. The summed E-state index contributed by atoms with van der Waals surface area (Å²) in [7, 11) is 0. The van der Waals surface area contributed by atoms with Gasteiger partial charge in [0.1, 0.15) is 17.3 Å². The SMILES string of the molecule is Cc1nc(NC(=O)c2ccc(F)cn2)ccc1Br. The molecule has 18 heavy (non-hydrogen) atoms. The summed E-state index contributed by atoms with van der Waals surface area (Å²) < 4.78 is 13.5. The van der Waals surface area contributed by atoms with Crippen LogP contribution in [-0.4, -0.2) is 15.9 Å². The lowest BCUT2D eigenvalue weighted by Gasteiger charge is -2.05. The van der Waals surface area contributed by atoms with Crippen molar-refractivity contribution in [3.8, 4) is 0 Å². The zero-order valence-electron chi connectivity index (χ0n) is 9.45. The normalized spacial score (nSPS) is 10.2. The highest BCUT2D eigenvalue weighted by atomic mass is 79.9. The first-order chi connectivity index (χ1) is 8.56. The summed E-state index contributed by atoms with van der Waals surface area (Å²) in [5.74, 6) is -0.486. The van der Waals surface area contributed by atoms with Crippen LogP contribution in [-0.2, 0) is 0 Å². The van der Waals surface area contributed by atoms with Crippen molar-refractivity contribution in [1.29, 1.82) is 0 Å². The third-order valence-electron chi connectivity index (χ3n) is 2.22. The summed E-state index contributed by atoms with van der Waals surface area (Å²) in [6.07, 6.45) is 0.995. The maximum atomic E-state index is 12.7. The minimum atomic E-state index is -0.482. The van der Waals surface area contributed by atoms with E-state index < -0.39 is 11.7 Å². The van der Waals surface area contributed by atoms with Crippen molar-refractivity contribution in [3.05, 3.63) is 52.1 Å². The summed E-state index contributed by atoms with van der Waals surface area (Å²) in [6, 6.07) is 5.95. The fourth-order valence-corrected chi connectivity index (χ4v) is 1.52. The van der Waals surface area contributed by atoms with Crippen LogP contribution in [0.2, 0.25) is 0 Å². The number of anilines is 1. The molecule has 0 radical (unpaired) electrons. The Morgan fingerprint density at radius 2 is 2.11 bits per heavy atom. The monoisotopic (exact) mass is 309 g/mol. The molecule has 0 unspecified atom stereocenters. The van der Waals surface area contributed by atoms with Gasteiger partial charge in [0.05, 0.1) is 11.9 Å². The molecule has 0 saturated heterocycles. The van der Waals surface area contributed by atoms with Crippen LogP contribution in [0.15, 0.2) is 34.9 Å². The van der Waals surface area contributed by atoms with E-state index in [2.05, 4.69) is 31.2 Å². The molecule has 2 aromatic heterocycles. The number of nitrogens with zero attached hydrogens (tertiary/aromatic N) is 2. The highest BCUT2D eigenvalue weighted by Crippen LogP contribution is 2.16. The maximum absolute atomic E-state index is 12.7. The minimum Gasteiger partial charge on any atom is -0.305 e. The van der Waals surface area contributed by atoms with Crippen molar-refractivity contribution in [3.63, 3.8) is 0 Å². The topological polar surface area (TPSA) is 54.9 Å². The molecule has 0 aliphatic heterocycles. The quantitative estimate of drug-likeness (QED) is 0.928. The molecular weight excluding hydrogens is 301 g/mol. The van der Waals surface area contributed by atoms with Gasteiger partial charge < -0.3 is 5.32 Å². The Hall–Kier alpha value is -1.82. The Kier molecular flexibility index (Phi) is 3.66. The number of amides is 1. The molecule has 0 aliphatic carbocycles. The first-order valence-corrected chi connectivity index (χ1v) is 5.91. The lowest BCUT2D eigenvalue weighted by molar-refractivity contribution is 0.102. The Morgan fingerprint density at radius 1 is 1.33 bits per heavy atom. The summed E-state index contributed by atoms with van der Waals surface area (Å²) in [5.41, 5.74) is 0.902. The van der Waals surface area contributed by atoms with Crippen molar-refractivity contribution in [2.45, 2.75) is 6.92 Å². The number of pyridine rings is 2. The molecule has 0 atom stereocenters. The molecule has 2 heterocycles. The highest BCUT2D eigenvalue weighted by molar-refractivity contribution is 9.10. The van der Waals surface area contributed by atoms with Gasteiger partial charge in [-0.3, -0.25) is 4.79 Å². The van der Waals surface area contributed by atoms with E-state index in [4.69, 9.17) is 0 Å². The number of rotatable bonds is 2.